The fraction of sp³-hybridized carbons (Fsp3) is 0.357. The molecule has 74 heavy (non-hydrogen) atoms. The fourth-order valence-electron chi connectivity index (χ4n) is 5.87. The summed E-state index contributed by atoms with van der Waals surface area (Å²) in [6.45, 7) is 4.81. The molecule has 32 heteroatoms. The molecule has 0 spiro atoms. The van der Waals surface area contributed by atoms with Gasteiger partial charge in [0.1, 0.15) is 35.4 Å². The molecule has 404 valence electrons. The lowest BCUT2D eigenvalue weighted by atomic mass is 10.1. The molecule has 0 aliphatic carbocycles. The van der Waals surface area contributed by atoms with Crippen molar-refractivity contribution in [3.63, 3.8) is 0 Å². The number of aliphatic carboxylic acids is 1. The van der Waals surface area contributed by atoms with Gasteiger partial charge in [-0.3, -0.25) is 28.7 Å². The molecule has 3 heterocycles. The highest BCUT2D eigenvalue weighted by Crippen LogP contribution is 2.36. The minimum Gasteiger partial charge on any atom is -0.489 e. The maximum absolute atomic E-state index is 13.1. The highest BCUT2D eigenvalue weighted by Gasteiger charge is 2.35. The molecule has 3 aromatic heterocycles. The van der Waals surface area contributed by atoms with E-state index in [1.165, 1.54) is 58.3 Å². The van der Waals surface area contributed by atoms with Gasteiger partial charge in [-0.15, -0.1) is 0 Å². The predicted molar refractivity (Wildman–Crippen MR) is 255 cm³/mol. The number of anilines is 1. The maximum atomic E-state index is 13.1. The summed E-state index contributed by atoms with van der Waals surface area (Å²) in [6.07, 6.45) is -4.91. The first-order chi connectivity index (χ1) is 34.4. The van der Waals surface area contributed by atoms with Crippen LogP contribution >= 0.6 is 19.0 Å². The molecule has 3 atom stereocenters. The third-order valence-corrected chi connectivity index (χ3v) is 12.4. The van der Waals surface area contributed by atoms with Crippen molar-refractivity contribution in [2.24, 2.45) is 19.8 Å². The topological polar surface area (TPSA) is 364 Å². The standard InChI is InChI=1S/C25H25F3N2O6.C12H13ClN6O7S.C5H12NO4P/c1-5-16-6-7-17(20(12-16)36-15(2)23(32)34-4)14-35-19-10-8-18(9-11-19)30-22(31)13-21(25(26,27)28)29(3)24(30)33;1-19-9(7(10(20)21)8(13)17-19)27(23,24)18-12(22)16-11-14-5(25-2)4-6(15-11)26-3;1-11(9,10)3-2-4(6)5(7)8/h6-13,15H,5,14H2,1-4H3;4H,1-3H3,(H,20,21)(H2,14,15,16,18,22);4H,2-3,6H2,1H3,(H,7,8)(H,9,10). The number of nitrogens with zero attached hydrogens (tertiary/aromatic N) is 6. The number of aryl methyl sites for hydroxylation is 2. The van der Waals surface area contributed by atoms with Crippen LogP contribution in [0.3, 0.4) is 0 Å². The Labute approximate surface area is 423 Å². The van der Waals surface area contributed by atoms with E-state index < -0.39 is 92.3 Å². The molecule has 0 saturated heterocycles. The number of halogens is 4. The monoisotopic (exact) mass is 1110 g/mol. The van der Waals surface area contributed by atoms with E-state index in [0.29, 0.717) is 36.9 Å². The number of ether oxygens (including phenoxy) is 5. The number of esters is 1. The number of sulfonamides is 1. The molecule has 0 aliphatic heterocycles. The summed E-state index contributed by atoms with van der Waals surface area (Å²) in [6, 6.07) is 10.7. The zero-order valence-corrected chi connectivity index (χ0v) is 42.8. The molecular weight excluding hydrogens is 1060 g/mol. The van der Waals surface area contributed by atoms with Gasteiger partial charge in [0.05, 0.1) is 33.1 Å². The summed E-state index contributed by atoms with van der Waals surface area (Å²) in [5.41, 5.74) is 2.51. The lowest BCUT2D eigenvalue weighted by Gasteiger charge is -2.17. The van der Waals surface area contributed by atoms with Crippen molar-refractivity contribution in [1.29, 1.82) is 0 Å². The van der Waals surface area contributed by atoms with E-state index in [0.717, 1.165) is 26.1 Å². The second kappa shape index (κ2) is 25.9. The van der Waals surface area contributed by atoms with Crippen LogP contribution in [0, 0.1) is 0 Å². The molecule has 2 aromatic carbocycles. The quantitative estimate of drug-likeness (QED) is 0.0541. The summed E-state index contributed by atoms with van der Waals surface area (Å²) in [4.78, 5) is 86.2. The van der Waals surface area contributed by atoms with E-state index in [1.807, 2.05) is 25.1 Å². The van der Waals surface area contributed by atoms with Crippen molar-refractivity contribution < 1.29 is 84.1 Å². The van der Waals surface area contributed by atoms with Crippen LogP contribution in [0.4, 0.5) is 23.9 Å². The molecule has 0 aliphatic rings. The third-order valence-electron chi connectivity index (χ3n) is 9.62. The number of carboxylic acids is 2. The van der Waals surface area contributed by atoms with E-state index in [2.05, 4.69) is 20.4 Å². The van der Waals surface area contributed by atoms with Crippen LogP contribution in [-0.4, -0.2) is 123 Å². The summed E-state index contributed by atoms with van der Waals surface area (Å²) < 4.78 is 104. The van der Waals surface area contributed by atoms with Crippen LogP contribution in [0.15, 0.2) is 69.2 Å². The zero-order chi connectivity index (χ0) is 56.0. The first-order valence-corrected chi connectivity index (χ1v) is 25.1. The van der Waals surface area contributed by atoms with Gasteiger partial charge in [-0.1, -0.05) is 30.7 Å². The van der Waals surface area contributed by atoms with Gasteiger partial charge in [0.2, 0.25) is 17.7 Å². The number of methoxy groups -OCH3 is 3. The second-order valence-corrected chi connectivity index (χ2v) is 19.7. The summed E-state index contributed by atoms with van der Waals surface area (Å²) in [5, 5.41) is 21.7. The number of carbonyl (C=O) groups excluding carboxylic acids is 2. The Hall–Kier alpha value is -7.53. The van der Waals surface area contributed by atoms with Gasteiger partial charge in [0.15, 0.2) is 23.7 Å². The molecule has 26 nitrogen and oxygen atoms in total. The molecule has 5 aromatic rings. The smallest absolute Gasteiger partial charge is 0.431 e. The maximum Gasteiger partial charge on any atom is 0.431 e. The predicted octanol–water partition coefficient (Wildman–Crippen LogP) is 3.41. The number of urea groups is 1. The molecule has 5 rings (SSSR count). The summed E-state index contributed by atoms with van der Waals surface area (Å²) in [5.74, 6) is -2.68. The minimum atomic E-state index is -4.84. The number of amides is 2. The van der Waals surface area contributed by atoms with Crippen LogP contribution in [0.2, 0.25) is 5.15 Å². The van der Waals surface area contributed by atoms with Gasteiger partial charge in [0, 0.05) is 38.6 Å². The molecule has 0 bridgehead atoms. The average molecular weight is 1110 g/mol. The van der Waals surface area contributed by atoms with Gasteiger partial charge >= 0.3 is 35.8 Å². The fourth-order valence-corrected chi connectivity index (χ4v) is 8.20. The van der Waals surface area contributed by atoms with Gasteiger partial charge < -0.3 is 44.5 Å². The highest BCUT2D eigenvalue weighted by molar-refractivity contribution is 7.90. The number of carboxylic acid groups (broad SMARTS) is 2. The van der Waals surface area contributed by atoms with Crippen LogP contribution in [-0.2, 0) is 62.2 Å². The van der Waals surface area contributed by atoms with E-state index in [9.17, 15) is 54.9 Å². The Morgan fingerprint density at radius 3 is 2.05 bits per heavy atom. The number of aromatic carboxylic acids is 1. The number of aromatic nitrogens is 6. The Kier molecular flexibility index (Phi) is 21.3. The molecule has 7 N–H and O–H groups in total. The highest BCUT2D eigenvalue weighted by atomic mass is 35.5. The first-order valence-electron chi connectivity index (χ1n) is 20.9. The Morgan fingerprint density at radius 2 is 1.55 bits per heavy atom. The average Bonchev–Trinajstić information content (AvgIpc) is 3.65. The molecular formula is C42H50ClF3N9O17PS. The van der Waals surface area contributed by atoms with E-state index >= 15 is 0 Å². The number of alkyl halides is 3. The van der Waals surface area contributed by atoms with Gasteiger partial charge in [-0.25, -0.2) is 28.5 Å². The first kappa shape index (κ1) is 60.8. The third kappa shape index (κ3) is 17.0. The van der Waals surface area contributed by atoms with Crippen LogP contribution < -0.4 is 46.0 Å². The van der Waals surface area contributed by atoms with E-state index in [1.54, 1.807) is 11.6 Å². The SMILES string of the molecule is CCc1ccc(COc2ccc(-n3c(=O)cc(C(F)(F)F)n(C)c3=O)cc2)c(OC(C)C(=O)OC)c1.COc1cc(OC)nc(NC(=O)NS(=O)(=O)c2c(C(=O)O)c(Cl)nn2C)n1.CP(=O)(O)CCC(N)C(=O)O. The number of benzene rings is 2. The lowest BCUT2D eigenvalue weighted by molar-refractivity contribution is -0.148. The van der Waals surface area contributed by atoms with Crippen LogP contribution in [0.1, 0.15) is 47.4 Å². The van der Waals surface area contributed by atoms with Crippen LogP contribution in [0.5, 0.6) is 23.3 Å². The zero-order valence-electron chi connectivity index (χ0n) is 40.4. The Bertz CT molecular complexity index is 3110. The number of hydrogen-bond donors (Lipinski definition) is 6. The molecule has 3 unspecified atom stereocenters. The summed E-state index contributed by atoms with van der Waals surface area (Å²) >= 11 is 5.63. The number of nitrogens with one attached hydrogen (secondary N) is 2. The number of nitrogens with two attached hydrogens (primary N) is 1. The molecule has 0 radical (unpaired) electrons. The van der Waals surface area contributed by atoms with Crippen molar-refractivity contribution in [3.05, 3.63) is 103 Å². The molecule has 0 saturated carbocycles. The minimum absolute atomic E-state index is 0.0412. The lowest BCUT2D eigenvalue weighted by Crippen LogP contribution is -2.40. The van der Waals surface area contributed by atoms with Crippen molar-refractivity contribution in [2.75, 3.05) is 39.5 Å². The number of carbonyl (C=O) groups is 4. The van der Waals surface area contributed by atoms with Gasteiger partial charge in [-0.05, 0) is 55.7 Å². The van der Waals surface area contributed by atoms with E-state index in [-0.39, 0.29) is 42.6 Å². The van der Waals surface area contributed by atoms with Crippen molar-refractivity contribution in [2.45, 2.75) is 56.6 Å². The normalized spacial score (nSPS) is 12.7. The molecule has 2 amide bonds. The Morgan fingerprint density at radius 1 is 0.959 bits per heavy atom. The van der Waals surface area contributed by atoms with Gasteiger partial charge in [-0.2, -0.15) is 36.7 Å². The second-order valence-electron chi connectivity index (χ2n) is 15.1. The van der Waals surface area contributed by atoms with Crippen molar-refractivity contribution in [3.8, 4) is 28.9 Å². The van der Waals surface area contributed by atoms with E-state index in [4.69, 9.17) is 56.1 Å². The summed E-state index contributed by atoms with van der Waals surface area (Å²) in [7, 11) is -1.74. The largest absolute Gasteiger partial charge is 0.489 e. The van der Waals surface area contributed by atoms with Gasteiger partial charge in [0.25, 0.3) is 15.6 Å². The number of hydrogen-bond acceptors (Lipinski definition) is 18. The Balaban J connectivity index is 0.000000333. The van der Waals surface area contributed by atoms with Crippen molar-refractivity contribution in [1.82, 2.24) is 33.6 Å². The number of rotatable bonds is 18. The molecule has 0 fully saturated rings. The van der Waals surface area contributed by atoms with Crippen LogP contribution in [0.25, 0.3) is 5.69 Å². The van der Waals surface area contributed by atoms with Crippen molar-refractivity contribution >= 4 is 58.9 Å².